The van der Waals surface area contributed by atoms with Crippen molar-refractivity contribution in [3.8, 4) is 5.75 Å². The van der Waals surface area contributed by atoms with E-state index in [2.05, 4.69) is 33.4 Å². The van der Waals surface area contributed by atoms with Crippen molar-refractivity contribution in [1.82, 2.24) is 0 Å². The number of hydrogen-bond acceptors (Lipinski definition) is 2. The Morgan fingerprint density at radius 1 is 1.12 bits per heavy atom. The number of amides is 1. The summed E-state index contributed by atoms with van der Waals surface area (Å²) in [6, 6.07) is 14.0. The molecule has 4 heteroatoms. The van der Waals surface area contributed by atoms with Crippen molar-refractivity contribution in [2.24, 2.45) is 0 Å². The molecule has 2 aromatic rings. The Labute approximate surface area is 157 Å². The largest absolute Gasteiger partial charge is 0.484 e. The van der Waals surface area contributed by atoms with Crippen molar-refractivity contribution in [3.63, 3.8) is 0 Å². The van der Waals surface area contributed by atoms with Gasteiger partial charge in [0.2, 0.25) is 0 Å². The lowest BCUT2D eigenvalue weighted by Crippen LogP contribution is -2.20. The molecule has 0 saturated heterocycles. The molecule has 2 aromatic carbocycles. The minimum atomic E-state index is -0.151. The van der Waals surface area contributed by atoms with Crippen LogP contribution in [0.1, 0.15) is 49.1 Å². The summed E-state index contributed by atoms with van der Waals surface area (Å²) in [5.74, 6) is 1.27. The van der Waals surface area contributed by atoms with Crippen LogP contribution in [0, 0.1) is 6.92 Å². The zero-order chi connectivity index (χ0) is 17.6. The van der Waals surface area contributed by atoms with Gasteiger partial charge in [0, 0.05) is 10.2 Å². The van der Waals surface area contributed by atoms with Gasteiger partial charge in [0.1, 0.15) is 5.75 Å². The first-order chi connectivity index (χ1) is 12.1. The molecule has 0 bridgehead atoms. The first-order valence-corrected chi connectivity index (χ1v) is 9.70. The highest BCUT2D eigenvalue weighted by molar-refractivity contribution is 9.10. The van der Waals surface area contributed by atoms with Crippen LogP contribution in [-0.4, -0.2) is 12.5 Å². The molecule has 1 N–H and O–H groups in total. The summed E-state index contributed by atoms with van der Waals surface area (Å²) < 4.78 is 6.62. The number of aryl methyl sites for hydroxylation is 1. The quantitative estimate of drug-likeness (QED) is 0.684. The lowest BCUT2D eigenvalue weighted by Gasteiger charge is -2.22. The van der Waals surface area contributed by atoms with Crippen LogP contribution in [0.2, 0.25) is 0 Å². The number of rotatable bonds is 5. The monoisotopic (exact) mass is 401 g/mol. The summed E-state index contributed by atoms with van der Waals surface area (Å²) in [6.45, 7) is 1.98. The lowest BCUT2D eigenvalue weighted by atomic mass is 9.84. The van der Waals surface area contributed by atoms with Crippen molar-refractivity contribution in [3.05, 3.63) is 58.1 Å². The first kappa shape index (κ1) is 18.0. The third-order valence-electron chi connectivity index (χ3n) is 4.79. The second kappa shape index (κ2) is 8.52. The number of benzene rings is 2. The van der Waals surface area contributed by atoms with Crippen molar-refractivity contribution < 1.29 is 9.53 Å². The van der Waals surface area contributed by atoms with Crippen molar-refractivity contribution in [2.45, 2.75) is 44.9 Å². The molecule has 132 valence electrons. The average molecular weight is 402 g/mol. The molecule has 0 spiro atoms. The van der Waals surface area contributed by atoms with Gasteiger partial charge in [-0.05, 0) is 67.1 Å². The molecule has 1 aliphatic carbocycles. The number of carbonyl (C=O) groups is 1. The molecule has 1 aliphatic rings. The third kappa shape index (κ3) is 5.08. The lowest BCUT2D eigenvalue weighted by molar-refractivity contribution is -0.118. The molecule has 1 amide bonds. The van der Waals surface area contributed by atoms with Crippen LogP contribution in [0.25, 0.3) is 0 Å². The zero-order valence-corrected chi connectivity index (χ0v) is 16.1. The van der Waals surface area contributed by atoms with Crippen LogP contribution >= 0.6 is 15.9 Å². The smallest absolute Gasteiger partial charge is 0.262 e. The van der Waals surface area contributed by atoms with Crippen LogP contribution in [-0.2, 0) is 4.79 Å². The normalized spacial score (nSPS) is 15.0. The van der Waals surface area contributed by atoms with E-state index in [1.165, 1.54) is 37.7 Å². The number of ether oxygens (including phenoxy) is 1. The van der Waals surface area contributed by atoms with Crippen molar-refractivity contribution in [2.75, 3.05) is 11.9 Å². The van der Waals surface area contributed by atoms with E-state index in [4.69, 9.17) is 4.74 Å². The molecule has 0 aromatic heterocycles. The minimum Gasteiger partial charge on any atom is -0.484 e. The van der Waals surface area contributed by atoms with E-state index >= 15 is 0 Å². The van der Waals surface area contributed by atoms with Gasteiger partial charge in [0.25, 0.3) is 5.91 Å². The number of carbonyl (C=O) groups excluding carboxylic acids is 1. The highest BCUT2D eigenvalue weighted by atomic mass is 79.9. The van der Waals surface area contributed by atoms with Crippen molar-refractivity contribution in [1.29, 1.82) is 0 Å². The van der Waals surface area contributed by atoms with Crippen LogP contribution in [0.3, 0.4) is 0 Å². The topological polar surface area (TPSA) is 38.3 Å². The van der Waals surface area contributed by atoms with Gasteiger partial charge >= 0.3 is 0 Å². The van der Waals surface area contributed by atoms with Gasteiger partial charge in [-0.3, -0.25) is 4.79 Å². The number of anilines is 1. The summed E-state index contributed by atoms with van der Waals surface area (Å²) >= 11 is 3.42. The SMILES string of the molecule is Cc1cc(Br)ccc1NC(=O)COc1ccc(C2CCCCC2)cc1. The molecular weight excluding hydrogens is 378 g/mol. The van der Waals surface area contributed by atoms with Gasteiger partial charge in [-0.15, -0.1) is 0 Å². The molecular formula is C21H24BrNO2. The Balaban J connectivity index is 1.51. The second-order valence-electron chi connectivity index (χ2n) is 6.70. The Hall–Kier alpha value is -1.81. The summed E-state index contributed by atoms with van der Waals surface area (Å²) in [5.41, 5.74) is 3.21. The maximum atomic E-state index is 12.1. The number of hydrogen-bond donors (Lipinski definition) is 1. The standard InChI is InChI=1S/C21H24BrNO2/c1-15-13-18(22)9-12-20(15)23-21(24)14-25-19-10-7-17(8-11-19)16-5-3-2-4-6-16/h7-13,16H,2-6,14H2,1H3,(H,23,24). The maximum Gasteiger partial charge on any atom is 0.262 e. The van der Waals surface area contributed by atoms with Crippen LogP contribution in [0.4, 0.5) is 5.69 Å². The van der Waals surface area contributed by atoms with Crippen LogP contribution in [0.15, 0.2) is 46.9 Å². The molecule has 3 nitrogen and oxygen atoms in total. The summed E-state index contributed by atoms with van der Waals surface area (Å²) in [7, 11) is 0. The molecule has 3 rings (SSSR count). The molecule has 1 fully saturated rings. The summed E-state index contributed by atoms with van der Waals surface area (Å²) in [4.78, 5) is 12.1. The maximum absolute atomic E-state index is 12.1. The highest BCUT2D eigenvalue weighted by Crippen LogP contribution is 2.33. The Kier molecular flexibility index (Phi) is 6.14. The summed E-state index contributed by atoms with van der Waals surface area (Å²) in [6.07, 6.45) is 6.60. The Morgan fingerprint density at radius 3 is 2.52 bits per heavy atom. The van der Waals surface area contributed by atoms with E-state index in [1.807, 2.05) is 37.3 Å². The van der Waals surface area contributed by atoms with Gasteiger partial charge < -0.3 is 10.1 Å². The van der Waals surface area contributed by atoms with E-state index in [1.54, 1.807) is 0 Å². The van der Waals surface area contributed by atoms with E-state index < -0.39 is 0 Å². The van der Waals surface area contributed by atoms with Crippen molar-refractivity contribution >= 4 is 27.5 Å². The first-order valence-electron chi connectivity index (χ1n) is 8.90. The van der Waals surface area contributed by atoms with Gasteiger partial charge in [-0.2, -0.15) is 0 Å². The summed E-state index contributed by atoms with van der Waals surface area (Å²) in [5, 5.41) is 2.89. The van der Waals surface area contributed by atoms with E-state index in [9.17, 15) is 4.79 Å². The Morgan fingerprint density at radius 2 is 1.84 bits per heavy atom. The van der Waals surface area contributed by atoms with Gasteiger partial charge in [0.15, 0.2) is 6.61 Å². The molecule has 25 heavy (non-hydrogen) atoms. The fourth-order valence-corrected chi connectivity index (χ4v) is 3.85. The van der Waals surface area contributed by atoms with E-state index in [0.29, 0.717) is 5.92 Å². The third-order valence-corrected chi connectivity index (χ3v) is 5.28. The minimum absolute atomic E-state index is 0.0122. The van der Waals surface area contributed by atoms with Crippen LogP contribution < -0.4 is 10.1 Å². The number of nitrogens with one attached hydrogen (secondary N) is 1. The molecule has 0 heterocycles. The Bertz CT molecular complexity index is 721. The molecule has 0 unspecified atom stereocenters. The zero-order valence-electron chi connectivity index (χ0n) is 14.6. The number of halogens is 1. The highest BCUT2D eigenvalue weighted by Gasteiger charge is 2.15. The second-order valence-corrected chi connectivity index (χ2v) is 7.62. The van der Waals surface area contributed by atoms with Crippen LogP contribution in [0.5, 0.6) is 5.75 Å². The average Bonchev–Trinajstić information content (AvgIpc) is 2.63. The van der Waals surface area contributed by atoms with Gasteiger partial charge in [-0.25, -0.2) is 0 Å². The fraction of sp³-hybridized carbons (Fsp3) is 0.381. The van der Waals surface area contributed by atoms with Gasteiger partial charge in [0.05, 0.1) is 0 Å². The van der Waals surface area contributed by atoms with E-state index in [-0.39, 0.29) is 12.5 Å². The fourth-order valence-electron chi connectivity index (χ4n) is 3.37. The van der Waals surface area contributed by atoms with E-state index in [0.717, 1.165) is 21.5 Å². The molecule has 1 saturated carbocycles. The van der Waals surface area contributed by atoms with Gasteiger partial charge in [-0.1, -0.05) is 47.3 Å². The predicted molar refractivity (Wildman–Crippen MR) is 105 cm³/mol. The molecule has 0 radical (unpaired) electrons. The predicted octanol–water partition coefficient (Wildman–Crippen LogP) is 5.82. The molecule has 0 aliphatic heterocycles. The molecule has 0 atom stereocenters.